The van der Waals surface area contributed by atoms with Gasteiger partial charge in [-0.3, -0.25) is 4.90 Å². The first-order chi connectivity index (χ1) is 10.0. The summed E-state index contributed by atoms with van der Waals surface area (Å²) in [6, 6.07) is 6.87. The van der Waals surface area contributed by atoms with Crippen LogP contribution < -0.4 is 9.64 Å². The minimum absolute atomic E-state index is 0.103. The van der Waals surface area contributed by atoms with Crippen molar-refractivity contribution in [3.63, 3.8) is 0 Å². The van der Waals surface area contributed by atoms with Gasteiger partial charge in [0.15, 0.2) is 5.75 Å². The van der Waals surface area contributed by atoms with Crippen LogP contribution in [0.1, 0.15) is 19.3 Å². The number of nitrogens with zero attached hydrogens (tertiary/aromatic N) is 2. The maximum Gasteiger partial charge on any atom is 0.573 e. The molecule has 2 saturated heterocycles. The van der Waals surface area contributed by atoms with E-state index in [1.165, 1.54) is 18.9 Å². The summed E-state index contributed by atoms with van der Waals surface area (Å²) in [4.78, 5) is 4.47. The van der Waals surface area contributed by atoms with Crippen LogP contribution in [0.3, 0.4) is 0 Å². The van der Waals surface area contributed by atoms with Crippen LogP contribution in [0.25, 0.3) is 0 Å². The lowest BCUT2D eigenvalue weighted by Gasteiger charge is -2.45. The van der Waals surface area contributed by atoms with Crippen LogP contribution in [0.15, 0.2) is 24.3 Å². The van der Waals surface area contributed by atoms with Crippen molar-refractivity contribution < 1.29 is 17.9 Å². The number of halogens is 3. The Morgan fingerprint density at radius 1 is 1.05 bits per heavy atom. The fourth-order valence-electron chi connectivity index (χ4n) is 3.30. The summed E-state index contributed by atoms with van der Waals surface area (Å²) in [5, 5.41) is 0. The largest absolute Gasteiger partial charge is 0.573 e. The summed E-state index contributed by atoms with van der Waals surface area (Å²) >= 11 is 0. The number of rotatable bonds is 2. The van der Waals surface area contributed by atoms with Gasteiger partial charge in [-0.1, -0.05) is 18.6 Å². The summed E-state index contributed by atoms with van der Waals surface area (Å²) in [5.74, 6) is -0.103. The van der Waals surface area contributed by atoms with E-state index in [9.17, 15) is 13.2 Å². The summed E-state index contributed by atoms with van der Waals surface area (Å²) in [6.07, 6.45) is -1.10. The molecule has 0 spiro atoms. The maximum absolute atomic E-state index is 12.5. The molecule has 2 fully saturated rings. The third-order valence-electron chi connectivity index (χ3n) is 4.27. The number of piperidine rings is 1. The number of piperazine rings is 1. The molecule has 0 aromatic heterocycles. The SMILES string of the molecule is FC(F)(F)Oc1ccccc1N1CCN2CCCCC2C1. The first kappa shape index (κ1) is 14.5. The van der Waals surface area contributed by atoms with Gasteiger partial charge in [-0.25, -0.2) is 0 Å². The minimum atomic E-state index is -4.65. The van der Waals surface area contributed by atoms with Crippen LogP contribution in [0.5, 0.6) is 5.75 Å². The Labute approximate surface area is 122 Å². The van der Waals surface area contributed by atoms with Gasteiger partial charge in [-0.05, 0) is 31.5 Å². The van der Waals surface area contributed by atoms with Crippen molar-refractivity contribution >= 4 is 5.69 Å². The highest BCUT2D eigenvalue weighted by Crippen LogP contribution is 2.34. The number of para-hydroxylation sites is 2. The monoisotopic (exact) mass is 300 g/mol. The van der Waals surface area contributed by atoms with Crippen molar-refractivity contribution in [1.29, 1.82) is 0 Å². The van der Waals surface area contributed by atoms with Crippen molar-refractivity contribution in [3.8, 4) is 5.75 Å². The molecule has 2 heterocycles. The van der Waals surface area contributed by atoms with Gasteiger partial charge in [0.25, 0.3) is 0 Å². The predicted octanol–water partition coefficient (Wildman–Crippen LogP) is 3.26. The van der Waals surface area contributed by atoms with E-state index < -0.39 is 6.36 Å². The number of anilines is 1. The zero-order chi connectivity index (χ0) is 14.9. The number of hydrogen-bond donors (Lipinski definition) is 0. The van der Waals surface area contributed by atoms with E-state index in [1.54, 1.807) is 18.2 Å². The van der Waals surface area contributed by atoms with Gasteiger partial charge in [0.2, 0.25) is 0 Å². The Bertz CT molecular complexity index is 492. The molecule has 1 aromatic carbocycles. The molecule has 1 aromatic rings. The molecule has 2 aliphatic heterocycles. The second-order valence-electron chi connectivity index (χ2n) is 5.65. The van der Waals surface area contributed by atoms with Crippen molar-refractivity contribution in [2.75, 3.05) is 31.1 Å². The molecule has 0 N–H and O–H groups in total. The fourth-order valence-corrected chi connectivity index (χ4v) is 3.30. The first-order valence-electron chi connectivity index (χ1n) is 7.37. The van der Waals surface area contributed by atoms with Gasteiger partial charge < -0.3 is 9.64 Å². The van der Waals surface area contributed by atoms with E-state index in [0.29, 0.717) is 11.7 Å². The topological polar surface area (TPSA) is 15.7 Å². The quantitative estimate of drug-likeness (QED) is 0.834. The molecule has 0 radical (unpaired) electrons. The lowest BCUT2D eigenvalue weighted by molar-refractivity contribution is -0.274. The van der Waals surface area contributed by atoms with E-state index in [-0.39, 0.29) is 5.75 Å². The second kappa shape index (κ2) is 5.75. The number of benzene rings is 1. The molecule has 3 rings (SSSR count). The highest BCUT2D eigenvalue weighted by Gasteiger charge is 2.34. The van der Waals surface area contributed by atoms with E-state index in [4.69, 9.17) is 0 Å². The van der Waals surface area contributed by atoms with E-state index >= 15 is 0 Å². The standard InChI is InChI=1S/C15H19F3N2O/c16-15(17,18)21-14-7-2-1-6-13(14)20-10-9-19-8-4-3-5-12(19)11-20/h1-2,6-7,12H,3-5,8-11H2. The van der Waals surface area contributed by atoms with Gasteiger partial charge in [0, 0.05) is 25.7 Å². The Morgan fingerprint density at radius 2 is 1.86 bits per heavy atom. The van der Waals surface area contributed by atoms with Gasteiger partial charge in [0.05, 0.1) is 5.69 Å². The molecule has 3 nitrogen and oxygen atoms in total. The number of hydrogen-bond acceptors (Lipinski definition) is 3. The summed E-state index contributed by atoms with van der Waals surface area (Å²) in [7, 11) is 0. The molecule has 21 heavy (non-hydrogen) atoms. The van der Waals surface area contributed by atoms with E-state index in [2.05, 4.69) is 9.64 Å². The van der Waals surface area contributed by atoms with Crippen LogP contribution in [0.4, 0.5) is 18.9 Å². The molecular weight excluding hydrogens is 281 g/mol. The normalized spacial score (nSPS) is 23.8. The Kier molecular flexibility index (Phi) is 3.97. The molecule has 116 valence electrons. The number of ether oxygens (including phenoxy) is 1. The molecule has 1 atom stereocenters. The van der Waals surface area contributed by atoms with Gasteiger partial charge >= 0.3 is 6.36 Å². The second-order valence-corrected chi connectivity index (χ2v) is 5.65. The minimum Gasteiger partial charge on any atom is -0.404 e. The van der Waals surface area contributed by atoms with Crippen molar-refractivity contribution in [2.45, 2.75) is 31.7 Å². The van der Waals surface area contributed by atoms with Gasteiger partial charge in [-0.2, -0.15) is 0 Å². The number of fused-ring (bicyclic) bond motifs is 1. The predicted molar refractivity (Wildman–Crippen MR) is 74.6 cm³/mol. The van der Waals surface area contributed by atoms with E-state index in [1.807, 2.05) is 4.90 Å². The molecule has 0 bridgehead atoms. The molecule has 0 aliphatic carbocycles. The third kappa shape index (κ3) is 3.43. The lowest BCUT2D eigenvalue weighted by atomic mass is 9.99. The molecule has 1 unspecified atom stereocenters. The molecule has 6 heteroatoms. The third-order valence-corrected chi connectivity index (χ3v) is 4.27. The lowest BCUT2D eigenvalue weighted by Crippen LogP contribution is -2.55. The van der Waals surface area contributed by atoms with Crippen LogP contribution in [0.2, 0.25) is 0 Å². The van der Waals surface area contributed by atoms with Crippen molar-refractivity contribution in [3.05, 3.63) is 24.3 Å². The van der Waals surface area contributed by atoms with Crippen LogP contribution in [-0.2, 0) is 0 Å². The van der Waals surface area contributed by atoms with Crippen LogP contribution >= 0.6 is 0 Å². The number of alkyl halides is 3. The summed E-state index contributed by atoms with van der Waals surface area (Å²) in [5.41, 5.74) is 0.542. The zero-order valence-corrected chi connectivity index (χ0v) is 11.8. The summed E-state index contributed by atoms with van der Waals surface area (Å²) in [6.45, 7) is 3.54. The highest BCUT2D eigenvalue weighted by molar-refractivity contribution is 5.59. The fraction of sp³-hybridized carbons (Fsp3) is 0.600. The van der Waals surface area contributed by atoms with Gasteiger partial charge in [0.1, 0.15) is 0 Å². The zero-order valence-electron chi connectivity index (χ0n) is 11.8. The van der Waals surface area contributed by atoms with Gasteiger partial charge in [-0.15, -0.1) is 13.2 Å². The van der Waals surface area contributed by atoms with Crippen molar-refractivity contribution in [2.24, 2.45) is 0 Å². The Hall–Kier alpha value is -1.43. The summed E-state index contributed by atoms with van der Waals surface area (Å²) < 4.78 is 41.7. The average Bonchev–Trinajstić information content (AvgIpc) is 2.46. The molecule has 0 amide bonds. The molecule has 2 aliphatic rings. The van der Waals surface area contributed by atoms with E-state index in [0.717, 1.165) is 32.6 Å². The smallest absolute Gasteiger partial charge is 0.404 e. The van der Waals surface area contributed by atoms with Crippen molar-refractivity contribution in [1.82, 2.24) is 4.90 Å². The van der Waals surface area contributed by atoms with Crippen LogP contribution in [-0.4, -0.2) is 43.5 Å². The Balaban J connectivity index is 1.77. The average molecular weight is 300 g/mol. The Morgan fingerprint density at radius 3 is 2.67 bits per heavy atom. The molecular formula is C15H19F3N2O. The first-order valence-corrected chi connectivity index (χ1v) is 7.37. The molecule has 0 saturated carbocycles. The maximum atomic E-state index is 12.5. The highest BCUT2D eigenvalue weighted by atomic mass is 19.4. The van der Waals surface area contributed by atoms with Crippen LogP contribution in [0, 0.1) is 0 Å².